The van der Waals surface area contributed by atoms with Crippen LogP contribution in [0.5, 0.6) is 0 Å². The van der Waals surface area contributed by atoms with Gasteiger partial charge in [0.1, 0.15) is 11.6 Å². The van der Waals surface area contributed by atoms with Gasteiger partial charge in [0.2, 0.25) is 17.7 Å². The Morgan fingerprint density at radius 2 is 1.62 bits per heavy atom. The van der Waals surface area contributed by atoms with E-state index in [0.717, 1.165) is 12.0 Å². The standard InChI is InChI=1S/C34H47N3O5/c1-8-33-16-12-18-35(7)28(39)25(33)26-29(40)37(24(21-38)20-23-14-10-9-11-15-23)27-30(41)36(19-13-17-34(26,27)42-33)32(5,6)22-31(2,3)4/h9-17,24-27,38H,8,18-22H2,1-7H3/t24-,25+,26+,27?,33-,34+/m1/s1. The summed E-state index contributed by atoms with van der Waals surface area (Å²) in [5, 5.41) is 10.8. The van der Waals surface area contributed by atoms with Gasteiger partial charge in [0.25, 0.3) is 0 Å². The number of hydrogen-bond acceptors (Lipinski definition) is 5. The fourth-order valence-electron chi connectivity index (χ4n) is 8.29. The summed E-state index contributed by atoms with van der Waals surface area (Å²) in [6, 6.07) is 8.01. The van der Waals surface area contributed by atoms with Crippen molar-refractivity contribution in [1.29, 1.82) is 0 Å². The molecule has 1 aromatic rings. The topological polar surface area (TPSA) is 90.4 Å². The lowest BCUT2D eigenvalue weighted by atomic mass is 9.73. The van der Waals surface area contributed by atoms with Crippen LogP contribution in [0.15, 0.2) is 54.6 Å². The van der Waals surface area contributed by atoms with Gasteiger partial charge >= 0.3 is 0 Å². The molecule has 4 heterocycles. The summed E-state index contributed by atoms with van der Waals surface area (Å²) in [7, 11) is 1.74. The Labute approximate surface area is 250 Å². The maximum Gasteiger partial charge on any atom is 0.249 e. The molecule has 0 aliphatic carbocycles. The van der Waals surface area contributed by atoms with E-state index in [4.69, 9.17) is 4.74 Å². The number of ether oxygens (including phenoxy) is 1. The number of carbonyl (C=O) groups excluding carboxylic acids is 3. The summed E-state index contributed by atoms with van der Waals surface area (Å²) in [6.07, 6.45) is 9.34. The molecule has 42 heavy (non-hydrogen) atoms. The van der Waals surface area contributed by atoms with Gasteiger partial charge in [-0.2, -0.15) is 0 Å². The second kappa shape index (κ2) is 10.6. The molecule has 1 spiro atoms. The zero-order valence-corrected chi connectivity index (χ0v) is 26.2. The van der Waals surface area contributed by atoms with Crippen LogP contribution in [0.3, 0.4) is 0 Å². The summed E-state index contributed by atoms with van der Waals surface area (Å²) in [6.45, 7) is 13.1. The van der Waals surface area contributed by atoms with E-state index in [2.05, 4.69) is 34.6 Å². The molecule has 228 valence electrons. The Kier molecular flexibility index (Phi) is 7.72. The molecule has 5 rings (SSSR count). The number of carbonyl (C=O) groups is 3. The Morgan fingerprint density at radius 3 is 2.24 bits per heavy atom. The fourth-order valence-corrected chi connectivity index (χ4v) is 8.29. The van der Waals surface area contributed by atoms with Gasteiger partial charge in [-0.05, 0) is 44.1 Å². The van der Waals surface area contributed by atoms with E-state index in [1.165, 1.54) is 0 Å². The number of rotatable bonds is 7. The van der Waals surface area contributed by atoms with Gasteiger partial charge in [0.05, 0.1) is 30.1 Å². The van der Waals surface area contributed by atoms with Crippen molar-refractivity contribution in [2.45, 2.75) is 89.6 Å². The van der Waals surface area contributed by atoms with Crippen LogP contribution in [0, 0.1) is 17.3 Å². The first-order valence-corrected chi connectivity index (χ1v) is 15.3. The average Bonchev–Trinajstić information content (AvgIpc) is 3.22. The van der Waals surface area contributed by atoms with Crippen molar-refractivity contribution in [1.82, 2.24) is 14.7 Å². The minimum absolute atomic E-state index is 0.0444. The van der Waals surface area contributed by atoms with Gasteiger partial charge in [0.15, 0.2) is 0 Å². The second-order valence-corrected chi connectivity index (χ2v) is 14.4. The van der Waals surface area contributed by atoms with Crippen LogP contribution < -0.4 is 0 Å². The van der Waals surface area contributed by atoms with Crippen LogP contribution in [0.1, 0.15) is 59.9 Å². The number of likely N-dealkylation sites (tertiary alicyclic amines) is 1. The molecule has 6 atom stereocenters. The van der Waals surface area contributed by atoms with Crippen molar-refractivity contribution in [3.8, 4) is 0 Å². The number of amides is 3. The van der Waals surface area contributed by atoms with Crippen molar-refractivity contribution in [2.24, 2.45) is 17.3 Å². The molecule has 8 heteroatoms. The maximum absolute atomic E-state index is 15.0. The van der Waals surface area contributed by atoms with Gasteiger partial charge in [-0.3, -0.25) is 14.4 Å². The number of hydrogen-bond donors (Lipinski definition) is 1. The summed E-state index contributed by atoms with van der Waals surface area (Å²) in [5.41, 5.74) is -1.97. The molecular weight excluding hydrogens is 530 g/mol. The average molecular weight is 578 g/mol. The minimum atomic E-state index is -1.34. The van der Waals surface area contributed by atoms with Crippen LogP contribution >= 0.6 is 0 Å². The third kappa shape index (κ3) is 4.80. The highest BCUT2D eigenvalue weighted by molar-refractivity contribution is 6.00. The van der Waals surface area contributed by atoms with E-state index in [9.17, 15) is 19.5 Å². The zero-order chi connectivity index (χ0) is 30.7. The number of nitrogens with zero attached hydrogens (tertiary/aromatic N) is 3. The molecule has 0 bridgehead atoms. The minimum Gasteiger partial charge on any atom is -0.394 e. The van der Waals surface area contributed by atoms with Gasteiger partial charge in [-0.25, -0.2) is 0 Å². The number of likely N-dealkylation sites (N-methyl/N-ethyl adjacent to an activating group) is 1. The van der Waals surface area contributed by atoms with Gasteiger partial charge in [0, 0.05) is 25.7 Å². The molecule has 1 unspecified atom stereocenters. The third-order valence-electron chi connectivity index (χ3n) is 9.69. The molecule has 0 aromatic heterocycles. The fraction of sp³-hybridized carbons (Fsp3) is 0.618. The van der Waals surface area contributed by atoms with Gasteiger partial charge in [-0.15, -0.1) is 0 Å². The highest BCUT2D eigenvalue weighted by Crippen LogP contribution is 2.59. The molecular formula is C34H47N3O5. The lowest BCUT2D eigenvalue weighted by Crippen LogP contribution is -2.62. The quantitative estimate of drug-likeness (QED) is 0.501. The first-order valence-electron chi connectivity index (χ1n) is 15.3. The van der Waals surface area contributed by atoms with Crippen LogP contribution in [0.4, 0.5) is 0 Å². The Balaban J connectivity index is 1.68. The van der Waals surface area contributed by atoms with Crippen LogP contribution in [-0.4, -0.2) is 93.1 Å². The molecule has 4 aliphatic heterocycles. The Bertz CT molecular complexity index is 1280. The maximum atomic E-state index is 15.0. The summed E-state index contributed by atoms with van der Waals surface area (Å²) < 4.78 is 7.06. The summed E-state index contributed by atoms with van der Waals surface area (Å²) in [4.78, 5) is 48.8. The summed E-state index contributed by atoms with van der Waals surface area (Å²) >= 11 is 0. The molecule has 1 N–H and O–H groups in total. The van der Waals surface area contributed by atoms with Gasteiger partial charge < -0.3 is 24.5 Å². The van der Waals surface area contributed by atoms with E-state index in [1.54, 1.807) is 16.8 Å². The van der Waals surface area contributed by atoms with E-state index in [0.29, 0.717) is 25.9 Å². The zero-order valence-electron chi connectivity index (χ0n) is 26.2. The van der Waals surface area contributed by atoms with Crippen LogP contribution in [0.25, 0.3) is 0 Å². The van der Waals surface area contributed by atoms with Crippen molar-refractivity contribution >= 4 is 17.7 Å². The van der Waals surface area contributed by atoms with Gasteiger partial charge in [-0.1, -0.05) is 82.3 Å². The monoisotopic (exact) mass is 577 g/mol. The lowest BCUT2D eigenvalue weighted by molar-refractivity contribution is -0.160. The van der Waals surface area contributed by atoms with Crippen molar-refractivity contribution in [3.63, 3.8) is 0 Å². The van der Waals surface area contributed by atoms with Crippen molar-refractivity contribution < 1.29 is 24.2 Å². The first-order chi connectivity index (χ1) is 19.7. The lowest BCUT2D eigenvalue weighted by Gasteiger charge is -2.46. The molecule has 3 amide bonds. The predicted molar refractivity (Wildman–Crippen MR) is 161 cm³/mol. The molecule has 0 radical (unpaired) electrons. The molecule has 0 saturated carbocycles. The smallest absolute Gasteiger partial charge is 0.249 e. The number of aliphatic hydroxyl groups excluding tert-OH is 1. The van der Waals surface area contributed by atoms with Crippen molar-refractivity contribution in [2.75, 3.05) is 26.7 Å². The molecule has 8 nitrogen and oxygen atoms in total. The highest BCUT2D eigenvalue weighted by Gasteiger charge is 2.76. The molecule has 1 aromatic carbocycles. The largest absolute Gasteiger partial charge is 0.394 e. The second-order valence-electron chi connectivity index (χ2n) is 14.4. The van der Waals surface area contributed by atoms with Crippen molar-refractivity contribution in [3.05, 3.63) is 60.2 Å². The number of fused-ring (bicyclic) bond motifs is 2. The molecule has 2 fully saturated rings. The van der Waals surface area contributed by atoms with E-state index < -0.39 is 40.7 Å². The van der Waals surface area contributed by atoms with Crippen LogP contribution in [0.2, 0.25) is 0 Å². The predicted octanol–water partition coefficient (Wildman–Crippen LogP) is 3.59. The van der Waals surface area contributed by atoms with Crippen LogP contribution in [-0.2, 0) is 25.5 Å². The Morgan fingerprint density at radius 1 is 0.952 bits per heavy atom. The van der Waals surface area contributed by atoms with E-state index >= 15 is 0 Å². The van der Waals surface area contributed by atoms with E-state index in [1.807, 2.05) is 66.5 Å². The number of benzene rings is 1. The Hall–Kier alpha value is -2.97. The summed E-state index contributed by atoms with van der Waals surface area (Å²) in [5.74, 6) is -2.34. The first kappa shape index (κ1) is 30.5. The normalized spacial score (nSPS) is 32.0. The number of aliphatic hydroxyl groups is 1. The third-order valence-corrected chi connectivity index (χ3v) is 9.69. The SMILES string of the molecule is CC[C@@]12C=CCN(C)C(=O)[C@@H]1[C@H]1C(=O)N([C@@H](CO)Cc3ccccc3)C3C(=O)N(C(C)(C)CC(C)(C)C)CC=C[C@@]31O2. The van der Waals surface area contributed by atoms with E-state index in [-0.39, 0.29) is 29.7 Å². The highest BCUT2D eigenvalue weighted by atomic mass is 16.5. The molecule has 2 saturated heterocycles. The molecule has 4 aliphatic rings.